The van der Waals surface area contributed by atoms with Crippen molar-refractivity contribution < 1.29 is 4.74 Å². The average molecular weight is 289 g/mol. The zero-order valence-electron chi connectivity index (χ0n) is 12.1. The molecule has 1 nitrogen and oxygen atoms in total. The van der Waals surface area contributed by atoms with Gasteiger partial charge in [-0.2, -0.15) is 0 Å². The van der Waals surface area contributed by atoms with Crippen molar-refractivity contribution in [2.45, 2.75) is 31.6 Å². The molecule has 106 valence electrons. The minimum absolute atomic E-state index is 0.175. The summed E-state index contributed by atoms with van der Waals surface area (Å²) in [4.78, 5) is 0. The van der Waals surface area contributed by atoms with Crippen molar-refractivity contribution in [2.24, 2.45) is 0 Å². The summed E-state index contributed by atoms with van der Waals surface area (Å²) in [5.74, 6) is 0.836. The van der Waals surface area contributed by atoms with Gasteiger partial charge in [0.2, 0.25) is 0 Å². The lowest BCUT2D eigenvalue weighted by atomic mass is 10.0. The van der Waals surface area contributed by atoms with Crippen molar-refractivity contribution in [3.8, 4) is 5.75 Å². The zero-order valence-corrected chi connectivity index (χ0v) is 12.9. The zero-order chi connectivity index (χ0) is 14.4. The van der Waals surface area contributed by atoms with E-state index >= 15 is 0 Å². The Balaban J connectivity index is 2.18. The number of aryl methyl sites for hydroxylation is 1. The van der Waals surface area contributed by atoms with E-state index in [1.54, 1.807) is 7.11 Å². The first kappa shape index (κ1) is 14.9. The van der Waals surface area contributed by atoms with Gasteiger partial charge < -0.3 is 4.74 Å². The van der Waals surface area contributed by atoms with Gasteiger partial charge in [-0.25, -0.2) is 0 Å². The second-order valence-electron chi connectivity index (χ2n) is 4.95. The molecule has 2 aromatic carbocycles. The fraction of sp³-hybridized carbons (Fsp3) is 0.333. The maximum atomic E-state index is 6.59. The van der Waals surface area contributed by atoms with Crippen molar-refractivity contribution in [3.63, 3.8) is 0 Å². The molecule has 2 aromatic rings. The third-order valence-corrected chi connectivity index (χ3v) is 3.99. The Labute approximate surface area is 126 Å². The molecule has 0 fully saturated rings. The highest BCUT2D eigenvalue weighted by Crippen LogP contribution is 2.34. The predicted octanol–water partition coefficient (Wildman–Crippen LogP) is 5.37. The van der Waals surface area contributed by atoms with E-state index in [1.165, 1.54) is 18.4 Å². The van der Waals surface area contributed by atoms with Gasteiger partial charge in [0.15, 0.2) is 0 Å². The molecule has 0 radical (unpaired) electrons. The van der Waals surface area contributed by atoms with Crippen molar-refractivity contribution >= 4 is 11.6 Å². The molecule has 0 N–H and O–H groups in total. The topological polar surface area (TPSA) is 9.23 Å². The molecule has 0 saturated carbocycles. The van der Waals surface area contributed by atoms with Gasteiger partial charge >= 0.3 is 0 Å². The van der Waals surface area contributed by atoms with Gasteiger partial charge in [0.1, 0.15) is 5.75 Å². The molecule has 20 heavy (non-hydrogen) atoms. The van der Waals surface area contributed by atoms with Crippen LogP contribution in [0.15, 0.2) is 48.5 Å². The first-order chi connectivity index (χ1) is 9.76. The second kappa shape index (κ2) is 7.35. The molecule has 2 rings (SSSR count). The van der Waals surface area contributed by atoms with Gasteiger partial charge in [-0.1, -0.05) is 55.8 Å². The lowest BCUT2D eigenvalue weighted by Crippen LogP contribution is -1.97. The Morgan fingerprint density at radius 2 is 1.75 bits per heavy atom. The SMILES string of the molecule is CCCCc1ccc(C(Cl)c2ccccc2OC)cc1. The fourth-order valence-electron chi connectivity index (χ4n) is 2.29. The quantitative estimate of drug-likeness (QED) is 0.650. The molecule has 2 heteroatoms. The van der Waals surface area contributed by atoms with Crippen LogP contribution in [0, 0.1) is 0 Å². The maximum Gasteiger partial charge on any atom is 0.123 e. The molecule has 0 saturated heterocycles. The minimum Gasteiger partial charge on any atom is -0.496 e. The van der Waals surface area contributed by atoms with Gasteiger partial charge in [-0.15, -0.1) is 11.6 Å². The normalized spacial score (nSPS) is 12.2. The van der Waals surface area contributed by atoms with E-state index in [1.807, 2.05) is 24.3 Å². The van der Waals surface area contributed by atoms with Crippen LogP contribution >= 0.6 is 11.6 Å². The number of hydrogen-bond donors (Lipinski definition) is 0. The molecule has 0 spiro atoms. The number of hydrogen-bond acceptors (Lipinski definition) is 1. The third-order valence-electron chi connectivity index (χ3n) is 3.50. The van der Waals surface area contributed by atoms with Crippen LogP contribution in [0.5, 0.6) is 5.75 Å². The Morgan fingerprint density at radius 1 is 1.05 bits per heavy atom. The molecule has 0 aromatic heterocycles. The van der Waals surface area contributed by atoms with E-state index in [-0.39, 0.29) is 5.38 Å². The van der Waals surface area contributed by atoms with E-state index in [0.717, 1.165) is 23.3 Å². The summed E-state index contributed by atoms with van der Waals surface area (Å²) in [5.41, 5.74) is 3.49. The molecule has 1 unspecified atom stereocenters. The van der Waals surface area contributed by atoms with Crippen LogP contribution in [0.1, 0.15) is 41.8 Å². The van der Waals surface area contributed by atoms with Gasteiger partial charge in [-0.3, -0.25) is 0 Å². The van der Waals surface area contributed by atoms with Gasteiger partial charge in [0.25, 0.3) is 0 Å². The number of alkyl halides is 1. The minimum atomic E-state index is -0.175. The van der Waals surface area contributed by atoms with Crippen molar-refractivity contribution in [2.75, 3.05) is 7.11 Å². The summed E-state index contributed by atoms with van der Waals surface area (Å²) in [6.07, 6.45) is 3.59. The number of methoxy groups -OCH3 is 1. The van der Waals surface area contributed by atoms with E-state index in [0.29, 0.717) is 0 Å². The van der Waals surface area contributed by atoms with E-state index < -0.39 is 0 Å². The number of unbranched alkanes of at least 4 members (excludes halogenated alkanes) is 1. The Hall–Kier alpha value is -1.47. The maximum absolute atomic E-state index is 6.59. The highest BCUT2D eigenvalue weighted by molar-refractivity contribution is 6.22. The summed E-state index contributed by atoms with van der Waals surface area (Å²) in [5, 5.41) is -0.175. The number of rotatable bonds is 6. The van der Waals surface area contributed by atoms with Crippen LogP contribution in [0.3, 0.4) is 0 Å². The average Bonchev–Trinajstić information content (AvgIpc) is 2.52. The summed E-state index contributed by atoms with van der Waals surface area (Å²) in [6.45, 7) is 2.21. The van der Waals surface area contributed by atoms with Crippen LogP contribution in [-0.2, 0) is 6.42 Å². The van der Waals surface area contributed by atoms with Gasteiger partial charge in [-0.05, 0) is 30.0 Å². The van der Waals surface area contributed by atoms with Crippen LogP contribution in [0.4, 0.5) is 0 Å². The molecule has 0 aliphatic heterocycles. The molecule has 0 amide bonds. The van der Waals surface area contributed by atoms with Crippen molar-refractivity contribution in [1.29, 1.82) is 0 Å². The van der Waals surface area contributed by atoms with Crippen LogP contribution in [-0.4, -0.2) is 7.11 Å². The molecule has 0 aliphatic carbocycles. The summed E-state index contributed by atoms with van der Waals surface area (Å²) < 4.78 is 5.38. The summed E-state index contributed by atoms with van der Waals surface area (Å²) in [6, 6.07) is 16.5. The van der Waals surface area contributed by atoms with Gasteiger partial charge in [0, 0.05) is 5.56 Å². The Kier molecular flexibility index (Phi) is 5.49. The molecule has 0 bridgehead atoms. The number of halogens is 1. The second-order valence-corrected chi connectivity index (χ2v) is 5.39. The summed E-state index contributed by atoms with van der Waals surface area (Å²) in [7, 11) is 1.68. The fourth-order valence-corrected chi connectivity index (χ4v) is 2.62. The number of benzene rings is 2. The molecular weight excluding hydrogens is 268 g/mol. The number of para-hydroxylation sites is 1. The highest BCUT2D eigenvalue weighted by atomic mass is 35.5. The molecular formula is C18H21ClO. The molecule has 1 atom stereocenters. The van der Waals surface area contributed by atoms with Crippen molar-refractivity contribution in [3.05, 3.63) is 65.2 Å². The van der Waals surface area contributed by atoms with E-state index in [2.05, 4.69) is 31.2 Å². The van der Waals surface area contributed by atoms with E-state index in [4.69, 9.17) is 16.3 Å². The monoisotopic (exact) mass is 288 g/mol. The highest BCUT2D eigenvalue weighted by Gasteiger charge is 2.14. The van der Waals surface area contributed by atoms with Crippen LogP contribution < -0.4 is 4.74 Å². The lowest BCUT2D eigenvalue weighted by Gasteiger charge is -2.14. The predicted molar refractivity (Wildman–Crippen MR) is 85.7 cm³/mol. The lowest BCUT2D eigenvalue weighted by molar-refractivity contribution is 0.410. The Bertz CT molecular complexity index is 533. The smallest absolute Gasteiger partial charge is 0.123 e. The Morgan fingerprint density at radius 3 is 2.40 bits per heavy atom. The largest absolute Gasteiger partial charge is 0.496 e. The van der Waals surface area contributed by atoms with Crippen LogP contribution in [0.25, 0.3) is 0 Å². The van der Waals surface area contributed by atoms with Crippen LogP contribution in [0.2, 0.25) is 0 Å². The first-order valence-electron chi connectivity index (χ1n) is 7.12. The van der Waals surface area contributed by atoms with Crippen molar-refractivity contribution in [1.82, 2.24) is 0 Å². The summed E-state index contributed by atoms with van der Waals surface area (Å²) >= 11 is 6.59. The molecule has 0 aliphatic rings. The molecule has 0 heterocycles. The van der Waals surface area contributed by atoms with Gasteiger partial charge in [0.05, 0.1) is 12.5 Å². The number of ether oxygens (including phenoxy) is 1. The third kappa shape index (κ3) is 3.55. The van der Waals surface area contributed by atoms with E-state index in [9.17, 15) is 0 Å². The standard InChI is InChI=1S/C18H21ClO/c1-3-4-7-14-10-12-15(13-11-14)18(19)16-8-5-6-9-17(16)20-2/h5-6,8-13,18H,3-4,7H2,1-2H3. The first-order valence-corrected chi connectivity index (χ1v) is 7.55.